The molecule has 0 saturated heterocycles. The van der Waals surface area contributed by atoms with Crippen LogP contribution >= 0.6 is 0 Å². The molecule has 162 valence electrons. The first kappa shape index (κ1) is 23.3. The fraction of sp³-hybridized carbons (Fsp3) is 0.640. The quantitative estimate of drug-likeness (QED) is 0.406. The van der Waals surface area contributed by atoms with Gasteiger partial charge in [-0.1, -0.05) is 66.2 Å². The van der Waals surface area contributed by atoms with Gasteiger partial charge in [0.25, 0.3) is 0 Å². The maximum atomic E-state index is 12.6. The van der Waals surface area contributed by atoms with Crippen molar-refractivity contribution in [3.63, 3.8) is 0 Å². The van der Waals surface area contributed by atoms with E-state index in [4.69, 9.17) is 4.74 Å². The van der Waals surface area contributed by atoms with E-state index in [2.05, 4.69) is 50.3 Å². The number of amides is 1. The summed E-state index contributed by atoms with van der Waals surface area (Å²) in [4.78, 5) is 15.9. The molecule has 29 heavy (non-hydrogen) atoms. The Bertz CT molecular complexity index is 758. The molecule has 0 fully saturated rings. The van der Waals surface area contributed by atoms with Gasteiger partial charge in [-0.05, 0) is 42.0 Å². The second-order valence-electron chi connectivity index (χ2n) is 9.29. The average Bonchev–Trinajstić information content (AvgIpc) is 3.08. The smallest absolute Gasteiger partial charge is 0.220 e. The standard InChI is InChI=1S/C25H40N2O2/c1-6-7-8-9-10-11-12-13-24(28)27-23(25(2,3)4)16-19-18-26-22-15-14-20(29-5)17-21(19)22/h14-15,17-18,23,26H,6-13,16H2,1-5H3,(H,27,28). The van der Waals surface area contributed by atoms with Crippen LogP contribution in [0.3, 0.4) is 0 Å². The van der Waals surface area contributed by atoms with Crippen LogP contribution in [0.4, 0.5) is 0 Å². The van der Waals surface area contributed by atoms with Crippen molar-refractivity contribution < 1.29 is 9.53 Å². The summed E-state index contributed by atoms with van der Waals surface area (Å²) in [6, 6.07) is 6.17. The van der Waals surface area contributed by atoms with Crippen molar-refractivity contribution in [3.05, 3.63) is 30.0 Å². The third-order valence-electron chi connectivity index (χ3n) is 5.79. The van der Waals surface area contributed by atoms with E-state index in [-0.39, 0.29) is 17.4 Å². The lowest BCUT2D eigenvalue weighted by molar-refractivity contribution is -0.122. The van der Waals surface area contributed by atoms with Gasteiger partial charge in [-0.15, -0.1) is 0 Å². The molecule has 1 unspecified atom stereocenters. The number of unbranched alkanes of at least 4 members (excludes halogenated alkanes) is 6. The molecule has 0 aliphatic rings. The van der Waals surface area contributed by atoms with Crippen molar-refractivity contribution in [1.29, 1.82) is 0 Å². The zero-order valence-corrected chi connectivity index (χ0v) is 19.1. The predicted molar refractivity (Wildman–Crippen MR) is 123 cm³/mol. The Labute approximate surface area is 176 Å². The molecule has 0 saturated carbocycles. The lowest BCUT2D eigenvalue weighted by Crippen LogP contribution is -2.45. The summed E-state index contributed by atoms with van der Waals surface area (Å²) >= 11 is 0. The summed E-state index contributed by atoms with van der Waals surface area (Å²) in [7, 11) is 1.69. The number of nitrogens with one attached hydrogen (secondary N) is 2. The molecule has 0 aliphatic heterocycles. The van der Waals surface area contributed by atoms with Gasteiger partial charge in [-0.3, -0.25) is 4.79 Å². The van der Waals surface area contributed by atoms with E-state index in [9.17, 15) is 4.79 Å². The highest BCUT2D eigenvalue weighted by atomic mass is 16.5. The monoisotopic (exact) mass is 400 g/mol. The lowest BCUT2D eigenvalue weighted by atomic mass is 9.82. The lowest BCUT2D eigenvalue weighted by Gasteiger charge is -2.31. The van der Waals surface area contributed by atoms with Gasteiger partial charge in [0.05, 0.1) is 7.11 Å². The van der Waals surface area contributed by atoms with E-state index in [0.29, 0.717) is 6.42 Å². The van der Waals surface area contributed by atoms with Crippen LogP contribution in [0.1, 0.15) is 84.6 Å². The second-order valence-corrected chi connectivity index (χ2v) is 9.29. The van der Waals surface area contributed by atoms with Crippen LogP contribution < -0.4 is 10.1 Å². The van der Waals surface area contributed by atoms with Gasteiger partial charge in [0.2, 0.25) is 5.91 Å². The SMILES string of the molecule is CCCCCCCCCC(=O)NC(Cc1c[nH]c2ccc(OC)cc12)C(C)(C)C. The Kier molecular flexibility index (Phi) is 9.06. The predicted octanol–water partition coefficient (Wildman–Crippen LogP) is 6.39. The highest BCUT2D eigenvalue weighted by molar-refractivity contribution is 5.85. The molecular formula is C25H40N2O2. The molecule has 0 spiro atoms. The van der Waals surface area contributed by atoms with Crippen LogP contribution in [-0.2, 0) is 11.2 Å². The third-order valence-corrected chi connectivity index (χ3v) is 5.79. The maximum Gasteiger partial charge on any atom is 0.220 e. The van der Waals surface area contributed by atoms with Crippen LogP contribution in [0.25, 0.3) is 10.9 Å². The first-order chi connectivity index (χ1) is 13.8. The van der Waals surface area contributed by atoms with E-state index < -0.39 is 0 Å². The number of benzene rings is 1. The number of rotatable bonds is 12. The van der Waals surface area contributed by atoms with Gasteiger partial charge < -0.3 is 15.0 Å². The fourth-order valence-corrected chi connectivity index (χ4v) is 3.76. The molecule has 1 aromatic carbocycles. The van der Waals surface area contributed by atoms with Gasteiger partial charge in [-0.2, -0.15) is 0 Å². The molecule has 2 rings (SSSR count). The number of hydrogen-bond acceptors (Lipinski definition) is 2. The van der Waals surface area contributed by atoms with E-state index in [0.717, 1.165) is 30.5 Å². The highest BCUT2D eigenvalue weighted by Gasteiger charge is 2.27. The Balaban J connectivity index is 1.92. The van der Waals surface area contributed by atoms with E-state index in [1.807, 2.05) is 12.1 Å². The maximum absolute atomic E-state index is 12.6. The number of aromatic nitrogens is 1. The van der Waals surface area contributed by atoms with Gasteiger partial charge in [-0.25, -0.2) is 0 Å². The Morgan fingerprint density at radius 3 is 2.45 bits per heavy atom. The minimum Gasteiger partial charge on any atom is -0.497 e. The Morgan fingerprint density at radius 2 is 1.79 bits per heavy atom. The van der Waals surface area contributed by atoms with Gasteiger partial charge in [0.15, 0.2) is 0 Å². The minimum absolute atomic E-state index is 0.0156. The summed E-state index contributed by atoms with van der Waals surface area (Å²) in [6.07, 6.45) is 12.1. The number of ether oxygens (including phenoxy) is 1. The minimum atomic E-state index is -0.0156. The first-order valence-electron chi connectivity index (χ1n) is 11.3. The highest BCUT2D eigenvalue weighted by Crippen LogP contribution is 2.28. The normalized spacial score (nSPS) is 12.9. The molecule has 1 amide bonds. The third kappa shape index (κ3) is 7.41. The summed E-state index contributed by atoms with van der Waals surface area (Å²) < 4.78 is 5.39. The molecular weight excluding hydrogens is 360 g/mol. The molecule has 1 aromatic heterocycles. The largest absolute Gasteiger partial charge is 0.497 e. The van der Waals surface area contributed by atoms with Crippen LogP contribution in [-0.4, -0.2) is 24.0 Å². The molecule has 2 aromatic rings. The molecule has 0 aliphatic carbocycles. The van der Waals surface area contributed by atoms with Gasteiger partial charge >= 0.3 is 0 Å². The molecule has 1 heterocycles. The molecule has 1 atom stereocenters. The second kappa shape index (κ2) is 11.3. The Morgan fingerprint density at radius 1 is 1.10 bits per heavy atom. The molecule has 4 heteroatoms. The van der Waals surface area contributed by atoms with Crippen LogP contribution in [0, 0.1) is 5.41 Å². The van der Waals surface area contributed by atoms with E-state index >= 15 is 0 Å². The topological polar surface area (TPSA) is 54.1 Å². The van der Waals surface area contributed by atoms with Crippen molar-refractivity contribution in [2.24, 2.45) is 5.41 Å². The van der Waals surface area contributed by atoms with Crippen molar-refractivity contribution in [1.82, 2.24) is 10.3 Å². The van der Waals surface area contributed by atoms with Crippen molar-refractivity contribution in [2.45, 2.75) is 91.5 Å². The first-order valence-corrected chi connectivity index (χ1v) is 11.3. The van der Waals surface area contributed by atoms with E-state index in [1.54, 1.807) is 7.11 Å². The van der Waals surface area contributed by atoms with Gasteiger partial charge in [0.1, 0.15) is 5.75 Å². The summed E-state index contributed by atoms with van der Waals surface area (Å²) in [6.45, 7) is 8.83. The summed E-state index contributed by atoms with van der Waals surface area (Å²) in [5, 5.41) is 4.48. The number of methoxy groups -OCH3 is 1. The molecule has 4 nitrogen and oxygen atoms in total. The van der Waals surface area contributed by atoms with Crippen LogP contribution in [0.2, 0.25) is 0 Å². The molecule has 2 N–H and O–H groups in total. The van der Waals surface area contributed by atoms with Crippen LogP contribution in [0.15, 0.2) is 24.4 Å². The number of carbonyl (C=O) groups is 1. The fourth-order valence-electron chi connectivity index (χ4n) is 3.76. The zero-order chi connectivity index (χ0) is 21.3. The number of aromatic amines is 1. The number of carbonyl (C=O) groups excluding carboxylic acids is 1. The molecule has 0 radical (unpaired) electrons. The number of hydrogen-bond donors (Lipinski definition) is 2. The van der Waals surface area contributed by atoms with Crippen molar-refractivity contribution in [2.75, 3.05) is 7.11 Å². The number of H-pyrrole nitrogens is 1. The van der Waals surface area contributed by atoms with Crippen molar-refractivity contribution >= 4 is 16.8 Å². The van der Waals surface area contributed by atoms with Gasteiger partial charge in [0, 0.05) is 29.6 Å². The van der Waals surface area contributed by atoms with Crippen molar-refractivity contribution in [3.8, 4) is 5.75 Å². The average molecular weight is 401 g/mol. The molecule has 0 bridgehead atoms. The zero-order valence-electron chi connectivity index (χ0n) is 19.1. The van der Waals surface area contributed by atoms with Crippen LogP contribution in [0.5, 0.6) is 5.75 Å². The number of fused-ring (bicyclic) bond motifs is 1. The summed E-state index contributed by atoms with van der Waals surface area (Å²) in [5.74, 6) is 1.03. The Hall–Kier alpha value is -1.97. The van der Waals surface area contributed by atoms with E-state index in [1.165, 1.54) is 43.1 Å². The summed E-state index contributed by atoms with van der Waals surface area (Å²) in [5.41, 5.74) is 2.30.